The Kier molecular flexibility index (Phi) is 6.25. The highest BCUT2D eigenvalue weighted by Gasteiger charge is 2.25. The summed E-state index contributed by atoms with van der Waals surface area (Å²) in [4.78, 5) is 6.21. The topological polar surface area (TPSA) is 54.8 Å². The van der Waals surface area contributed by atoms with E-state index >= 15 is 0 Å². The number of pyridine rings is 1. The van der Waals surface area contributed by atoms with Crippen LogP contribution in [0, 0.1) is 0 Å². The van der Waals surface area contributed by atoms with Gasteiger partial charge in [0.1, 0.15) is 30.3 Å². The maximum Gasteiger partial charge on any atom is 0.122 e. The molecule has 0 bridgehead atoms. The highest BCUT2D eigenvalue weighted by atomic mass is 16.5. The van der Waals surface area contributed by atoms with Crippen molar-refractivity contribution in [1.29, 1.82) is 0 Å². The first-order valence-corrected chi connectivity index (χ1v) is 8.91. The highest BCUT2D eigenvalue weighted by molar-refractivity contribution is 5.27. The number of aromatic nitrogens is 1. The Morgan fingerprint density at radius 2 is 1.92 bits per heavy atom. The summed E-state index contributed by atoms with van der Waals surface area (Å²) in [5, 5.41) is 10.2. The maximum atomic E-state index is 10.2. The number of aliphatic hydroxyl groups is 1. The molecule has 0 aliphatic carbocycles. The van der Waals surface area contributed by atoms with Crippen molar-refractivity contribution in [1.82, 2.24) is 9.88 Å². The third-order valence-corrected chi connectivity index (χ3v) is 4.42. The molecule has 0 spiro atoms. The molecule has 25 heavy (non-hydrogen) atoms. The second-order valence-electron chi connectivity index (χ2n) is 6.43. The van der Waals surface area contributed by atoms with E-state index in [4.69, 9.17) is 9.47 Å². The summed E-state index contributed by atoms with van der Waals surface area (Å²) < 4.78 is 11.6. The van der Waals surface area contributed by atoms with Gasteiger partial charge in [-0.25, -0.2) is 0 Å². The summed E-state index contributed by atoms with van der Waals surface area (Å²) >= 11 is 0. The number of benzene rings is 1. The first kappa shape index (κ1) is 17.7. The van der Waals surface area contributed by atoms with Crippen molar-refractivity contribution in [3.63, 3.8) is 0 Å². The van der Waals surface area contributed by atoms with Gasteiger partial charge in [0.15, 0.2) is 0 Å². The molecule has 1 aliphatic heterocycles. The van der Waals surface area contributed by atoms with Gasteiger partial charge in [0, 0.05) is 32.0 Å². The van der Waals surface area contributed by atoms with E-state index in [-0.39, 0.29) is 6.10 Å². The lowest BCUT2D eigenvalue weighted by molar-refractivity contribution is 0.0720. The Morgan fingerprint density at radius 1 is 1.16 bits per heavy atom. The average Bonchev–Trinajstić information content (AvgIpc) is 3.08. The number of hydrogen-bond donors (Lipinski definition) is 1. The quantitative estimate of drug-likeness (QED) is 0.799. The van der Waals surface area contributed by atoms with Crippen LogP contribution in [-0.2, 0) is 6.42 Å². The van der Waals surface area contributed by atoms with Crippen LogP contribution in [0.5, 0.6) is 11.5 Å². The van der Waals surface area contributed by atoms with Crippen molar-refractivity contribution in [2.45, 2.75) is 32.0 Å². The number of rotatable bonds is 8. The molecule has 2 unspecified atom stereocenters. The molecule has 5 nitrogen and oxygen atoms in total. The van der Waals surface area contributed by atoms with Crippen molar-refractivity contribution >= 4 is 0 Å². The third-order valence-electron chi connectivity index (χ3n) is 4.42. The van der Waals surface area contributed by atoms with E-state index in [1.165, 1.54) is 5.56 Å². The van der Waals surface area contributed by atoms with E-state index in [9.17, 15) is 5.11 Å². The fourth-order valence-corrected chi connectivity index (χ4v) is 3.03. The first-order chi connectivity index (χ1) is 12.2. The minimum atomic E-state index is -0.509. The van der Waals surface area contributed by atoms with Crippen LogP contribution in [-0.4, -0.2) is 53.4 Å². The first-order valence-electron chi connectivity index (χ1n) is 8.91. The summed E-state index contributed by atoms with van der Waals surface area (Å²) in [5.41, 5.74) is 1.28. The van der Waals surface area contributed by atoms with Crippen LogP contribution in [0.2, 0.25) is 0 Å². The van der Waals surface area contributed by atoms with Crippen LogP contribution in [0.1, 0.15) is 18.9 Å². The van der Waals surface area contributed by atoms with E-state index in [0.29, 0.717) is 13.2 Å². The molecule has 1 saturated heterocycles. The van der Waals surface area contributed by atoms with Crippen LogP contribution >= 0.6 is 0 Å². The fourth-order valence-electron chi connectivity index (χ4n) is 3.03. The molecular formula is C20H26N2O3. The van der Waals surface area contributed by atoms with E-state index in [1.807, 2.05) is 24.3 Å². The SMILES string of the molecule is CCc1ccc(OCC(O)CN2CCC(Oc3ccncc3)C2)cc1. The summed E-state index contributed by atoms with van der Waals surface area (Å²) in [6.45, 7) is 4.78. The lowest BCUT2D eigenvalue weighted by atomic mass is 10.2. The second-order valence-corrected chi connectivity index (χ2v) is 6.43. The molecule has 0 amide bonds. The van der Waals surface area contributed by atoms with Gasteiger partial charge in [-0.3, -0.25) is 9.88 Å². The van der Waals surface area contributed by atoms with Gasteiger partial charge in [-0.1, -0.05) is 19.1 Å². The molecule has 5 heteroatoms. The van der Waals surface area contributed by atoms with Gasteiger partial charge in [-0.15, -0.1) is 0 Å². The summed E-state index contributed by atoms with van der Waals surface area (Å²) in [7, 11) is 0. The van der Waals surface area contributed by atoms with E-state index in [2.05, 4.69) is 28.9 Å². The molecule has 0 radical (unpaired) electrons. The van der Waals surface area contributed by atoms with Crippen LogP contribution in [0.15, 0.2) is 48.8 Å². The Bertz CT molecular complexity index is 633. The predicted molar refractivity (Wildman–Crippen MR) is 97.0 cm³/mol. The molecular weight excluding hydrogens is 316 g/mol. The Morgan fingerprint density at radius 3 is 2.64 bits per heavy atom. The van der Waals surface area contributed by atoms with Gasteiger partial charge in [0.2, 0.25) is 0 Å². The van der Waals surface area contributed by atoms with Crippen LogP contribution in [0.25, 0.3) is 0 Å². The monoisotopic (exact) mass is 342 g/mol. The standard InChI is InChI=1S/C20H26N2O3/c1-2-16-3-5-18(6-4-16)24-15-17(23)13-22-12-9-20(14-22)25-19-7-10-21-11-8-19/h3-8,10-11,17,20,23H,2,9,12-15H2,1H3. The van der Waals surface area contributed by atoms with Gasteiger partial charge >= 0.3 is 0 Å². The summed E-state index contributed by atoms with van der Waals surface area (Å²) in [6, 6.07) is 11.8. The van der Waals surface area contributed by atoms with Crippen molar-refractivity contribution < 1.29 is 14.6 Å². The van der Waals surface area contributed by atoms with Gasteiger partial charge in [0.25, 0.3) is 0 Å². The van der Waals surface area contributed by atoms with Gasteiger partial charge in [0.05, 0.1) is 0 Å². The van der Waals surface area contributed by atoms with Crippen LogP contribution in [0.3, 0.4) is 0 Å². The molecule has 134 valence electrons. The normalized spacial score (nSPS) is 18.9. The highest BCUT2D eigenvalue weighted by Crippen LogP contribution is 2.18. The van der Waals surface area contributed by atoms with Gasteiger partial charge in [-0.05, 0) is 42.7 Å². The minimum Gasteiger partial charge on any atom is -0.491 e. The zero-order valence-corrected chi connectivity index (χ0v) is 14.7. The molecule has 1 N–H and O–H groups in total. The zero-order valence-electron chi connectivity index (χ0n) is 14.7. The lowest BCUT2D eigenvalue weighted by Crippen LogP contribution is -2.35. The molecule has 3 rings (SSSR count). The van der Waals surface area contributed by atoms with Gasteiger partial charge < -0.3 is 14.6 Å². The number of likely N-dealkylation sites (tertiary alicyclic amines) is 1. The number of ether oxygens (including phenoxy) is 2. The Labute approximate surface area is 149 Å². The fraction of sp³-hybridized carbons (Fsp3) is 0.450. The summed E-state index contributed by atoms with van der Waals surface area (Å²) in [6.07, 6.45) is 5.10. The minimum absolute atomic E-state index is 0.164. The van der Waals surface area contributed by atoms with Crippen molar-refractivity contribution in [3.8, 4) is 11.5 Å². The molecule has 2 heterocycles. The zero-order chi connectivity index (χ0) is 17.5. The van der Waals surface area contributed by atoms with Crippen LogP contribution < -0.4 is 9.47 Å². The van der Waals surface area contributed by atoms with Crippen molar-refractivity contribution in [2.75, 3.05) is 26.2 Å². The van der Waals surface area contributed by atoms with E-state index in [0.717, 1.165) is 37.4 Å². The Hall–Kier alpha value is -2.11. The van der Waals surface area contributed by atoms with Gasteiger partial charge in [-0.2, -0.15) is 0 Å². The third kappa shape index (κ3) is 5.44. The molecule has 1 aromatic carbocycles. The lowest BCUT2D eigenvalue weighted by Gasteiger charge is -2.20. The summed E-state index contributed by atoms with van der Waals surface area (Å²) in [5.74, 6) is 1.65. The number of hydrogen-bond acceptors (Lipinski definition) is 5. The number of nitrogens with zero attached hydrogens (tertiary/aromatic N) is 2. The number of β-amino-alcohol motifs (C(OH)–C–C–N with tert-alkyl or cyclic N) is 1. The molecule has 1 aromatic heterocycles. The molecule has 1 aliphatic rings. The second kappa shape index (κ2) is 8.83. The molecule has 2 aromatic rings. The average molecular weight is 342 g/mol. The number of aryl methyl sites for hydroxylation is 1. The predicted octanol–water partition coefficient (Wildman–Crippen LogP) is 2.54. The maximum absolute atomic E-state index is 10.2. The van der Waals surface area contributed by atoms with E-state index < -0.39 is 6.10 Å². The number of aliphatic hydroxyl groups excluding tert-OH is 1. The largest absolute Gasteiger partial charge is 0.491 e. The van der Waals surface area contributed by atoms with Crippen molar-refractivity contribution in [3.05, 3.63) is 54.4 Å². The van der Waals surface area contributed by atoms with Crippen molar-refractivity contribution in [2.24, 2.45) is 0 Å². The van der Waals surface area contributed by atoms with E-state index in [1.54, 1.807) is 12.4 Å². The van der Waals surface area contributed by atoms with Crippen LogP contribution in [0.4, 0.5) is 0 Å². The molecule has 1 fully saturated rings. The smallest absolute Gasteiger partial charge is 0.122 e. The molecule has 0 saturated carbocycles. The molecule has 2 atom stereocenters. The Balaban J connectivity index is 1.38.